The van der Waals surface area contributed by atoms with Gasteiger partial charge in [0.25, 0.3) is 0 Å². The molecule has 1 nitrogen and oxygen atoms in total. The Morgan fingerprint density at radius 1 is 1.12 bits per heavy atom. The number of halogens is 1. The number of ether oxygens (including phenoxy) is 1. The van der Waals surface area contributed by atoms with Crippen LogP contribution in [0, 0.1) is 5.92 Å². The summed E-state index contributed by atoms with van der Waals surface area (Å²) in [5.74, 6) is 1.40. The lowest BCUT2D eigenvalue weighted by Crippen LogP contribution is -2.11. The SMILES string of the molecule is CO/C=C/C1CCC(c2ccc(Cl)cc2)CC1. The van der Waals surface area contributed by atoms with E-state index in [1.54, 1.807) is 7.11 Å². The van der Waals surface area contributed by atoms with Gasteiger partial charge < -0.3 is 4.74 Å². The van der Waals surface area contributed by atoms with Crippen molar-refractivity contribution in [3.05, 3.63) is 47.2 Å². The predicted octanol–water partition coefficient (Wildman–Crippen LogP) is 4.77. The Hall–Kier alpha value is -0.950. The van der Waals surface area contributed by atoms with Gasteiger partial charge >= 0.3 is 0 Å². The fourth-order valence-electron chi connectivity index (χ4n) is 2.57. The first kappa shape index (κ1) is 12.5. The van der Waals surface area contributed by atoms with Crippen LogP contribution in [0.3, 0.4) is 0 Å². The zero-order valence-electron chi connectivity index (χ0n) is 10.2. The van der Waals surface area contributed by atoms with Crippen molar-refractivity contribution >= 4 is 11.6 Å². The second-order valence-corrected chi connectivity index (χ2v) is 5.16. The molecule has 0 atom stereocenters. The highest BCUT2D eigenvalue weighted by Crippen LogP contribution is 2.36. The molecule has 0 heterocycles. The molecule has 1 aliphatic rings. The standard InChI is InChI=1S/C15H19ClO/c1-17-11-10-12-2-4-13(5-3-12)14-6-8-15(16)9-7-14/h6-13H,2-5H2,1H3/b11-10+. The van der Waals surface area contributed by atoms with Crippen LogP contribution in [0.1, 0.15) is 37.2 Å². The second kappa shape index (κ2) is 6.11. The van der Waals surface area contributed by atoms with Gasteiger partial charge in [0.05, 0.1) is 13.4 Å². The van der Waals surface area contributed by atoms with E-state index >= 15 is 0 Å². The van der Waals surface area contributed by atoms with E-state index < -0.39 is 0 Å². The molecule has 0 radical (unpaired) electrons. The highest BCUT2D eigenvalue weighted by atomic mass is 35.5. The molecule has 1 fully saturated rings. The molecule has 17 heavy (non-hydrogen) atoms. The van der Waals surface area contributed by atoms with E-state index in [4.69, 9.17) is 16.3 Å². The number of allylic oxidation sites excluding steroid dienone is 1. The normalized spacial score (nSPS) is 25.1. The lowest BCUT2D eigenvalue weighted by molar-refractivity contribution is 0.322. The molecule has 2 rings (SSSR count). The fraction of sp³-hybridized carbons (Fsp3) is 0.467. The Bertz CT molecular complexity index is 361. The van der Waals surface area contributed by atoms with E-state index in [1.165, 1.54) is 31.2 Å². The minimum atomic E-state index is 0.693. The zero-order valence-corrected chi connectivity index (χ0v) is 11.0. The third kappa shape index (κ3) is 3.50. The number of methoxy groups -OCH3 is 1. The first-order valence-corrected chi connectivity index (χ1v) is 6.62. The Morgan fingerprint density at radius 2 is 1.76 bits per heavy atom. The fourth-order valence-corrected chi connectivity index (χ4v) is 2.70. The van der Waals surface area contributed by atoms with E-state index in [0.29, 0.717) is 11.8 Å². The van der Waals surface area contributed by atoms with Crippen LogP contribution in [0.25, 0.3) is 0 Å². The number of hydrogen-bond donors (Lipinski definition) is 0. The third-order valence-corrected chi connectivity index (χ3v) is 3.85. The van der Waals surface area contributed by atoms with Gasteiger partial charge in [0, 0.05) is 5.02 Å². The van der Waals surface area contributed by atoms with Crippen LogP contribution in [0.15, 0.2) is 36.6 Å². The van der Waals surface area contributed by atoms with Crippen LogP contribution in [0.4, 0.5) is 0 Å². The molecule has 0 amide bonds. The van der Waals surface area contributed by atoms with Gasteiger partial charge in [-0.05, 0) is 61.3 Å². The van der Waals surface area contributed by atoms with E-state index in [-0.39, 0.29) is 0 Å². The van der Waals surface area contributed by atoms with Crippen molar-refractivity contribution in [2.75, 3.05) is 7.11 Å². The van der Waals surface area contributed by atoms with Crippen LogP contribution in [-0.4, -0.2) is 7.11 Å². The average Bonchev–Trinajstić information content (AvgIpc) is 2.38. The molecule has 1 aromatic carbocycles. The van der Waals surface area contributed by atoms with Gasteiger partial charge in [-0.2, -0.15) is 0 Å². The van der Waals surface area contributed by atoms with Crippen molar-refractivity contribution in [3.8, 4) is 0 Å². The minimum absolute atomic E-state index is 0.693. The average molecular weight is 251 g/mol. The molecule has 0 unspecified atom stereocenters. The maximum Gasteiger partial charge on any atom is 0.0787 e. The van der Waals surface area contributed by atoms with Crippen LogP contribution < -0.4 is 0 Å². The minimum Gasteiger partial charge on any atom is -0.505 e. The Kier molecular flexibility index (Phi) is 4.49. The summed E-state index contributed by atoms with van der Waals surface area (Å²) in [6.07, 6.45) is 9.05. The van der Waals surface area contributed by atoms with Crippen molar-refractivity contribution in [1.82, 2.24) is 0 Å². The van der Waals surface area contributed by atoms with Gasteiger partial charge in [0.15, 0.2) is 0 Å². The number of benzene rings is 1. The van der Waals surface area contributed by atoms with Gasteiger partial charge in [-0.1, -0.05) is 23.7 Å². The molecule has 0 spiro atoms. The molecule has 0 aromatic heterocycles. The lowest BCUT2D eigenvalue weighted by Gasteiger charge is -2.26. The molecule has 0 N–H and O–H groups in total. The van der Waals surface area contributed by atoms with Crippen molar-refractivity contribution in [1.29, 1.82) is 0 Å². The summed E-state index contributed by atoms with van der Waals surface area (Å²) >= 11 is 5.91. The highest BCUT2D eigenvalue weighted by molar-refractivity contribution is 6.30. The topological polar surface area (TPSA) is 9.23 Å². The van der Waals surface area contributed by atoms with E-state index in [0.717, 1.165) is 5.02 Å². The quantitative estimate of drug-likeness (QED) is 0.702. The molecule has 92 valence electrons. The molecule has 1 saturated carbocycles. The monoisotopic (exact) mass is 250 g/mol. The van der Waals surface area contributed by atoms with Crippen molar-refractivity contribution < 1.29 is 4.74 Å². The largest absolute Gasteiger partial charge is 0.505 e. The molecular formula is C15H19ClO. The maximum absolute atomic E-state index is 5.91. The van der Waals surface area contributed by atoms with Gasteiger partial charge in [0.2, 0.25) is 0 Å². The van der Waals surface area contributed by atoms with Crippen molar-refractivity contribution in [2.24, 2.45) is 5.92 Å². The first-order valence-electron chi connectivity index (χ1n) is 6.24. The van der Waals surface area contributed by atoms with Crippen molar-refractivity contribution in [3.63, 3.8) is 0 Å². The first-order chi connectivity index (χ1) is 8.29. The molecule has 0 bridgehead atoms. The zero-order chi connectivity index (χ0) is 12.1. The molecule has 0 aliphatic heterocycles. The van der Waals surface area contributed by atoms with Gasteiger partial charge in [-0.3, -0.25) is 0 Å². The molecular weight excluding hydrogens is 232 g/mol. The smallest absolute Gasteiger partial charge is 0.0787 e. The van der Waals surface area contributed by atoms with E-state index in [1.807, 2.05) is 18.4 Å². The summed E-state index contributed by atoms with van der Waals surface area (Å²) in [6, 6.07) is 8.32. The predicted molar refractivity (Wildman–Crippen MR) is 72.3 cm³/mol. The molecule has 1 aliphatic carbocycles. The van der Waals surface area contributed by atoms with Crippen LogP contribution >= 0.6 is 11.6 Å². The Labute approximate surface area is 108 Å². The lowest BCUT2D eigenvalue weighted by atomic mass is 9.79. The Morgan fingerprint density at radius 3 is 2.35 bits per heavy atom. The molecule has 0 saturated heterocycles. The van der Waals surface area contributed by atoms with Crippen LogP contribution in [0.5, 0.6) is 0 Å². The summed E-state index contributed by atoms with van der Waals surface area (Å²) < 4.78 is 4.97. The molecule has 1 aromatic rings. The van der Waals surface area contributed by atoms with Crippen molar-refractivity contribution in [2.45, 2.75) is 31.6 Å². The highest BCUT2D eigenvalue weighted by Gasteiger charge is 2.20. The van der Waals surface area contributed by atoms with E-state index in [9.17, 15) is 0 Å². The summed E-state index contributed by atoms with van der Waals surface area (Å²) in [5, 5.41) is 0.825. The summed E-state index contributed by atoms with van der Waals surface area (Å²) in [7, 11) is 1.70. The Balaban J connectivity index is 1.90. The van der Waals surface area contributed by atoms with Gasteiger partial charge in [-0.15, -0.1) is 0 Å². The van der Waals surface area contributed by atoms with Crippen LogP contribution in [0.2, 0.25) is 5.02 Å². The third-order valence-electron chi connectivity index (χ3n) is 3.60. The van der Waals surface area contributed by atoms with Gasteiger partial charge in [0.1, 0.15) is 0 Å². The summed E-state index contributed by atoms with van der Waals surface area (Å²) in [6.45, 7) is 0. The molecule has 2 heteroatoms. The number of hydrogen-bond acceptors (Lipinski definition) is 1. The van der Waals surface area contributed by atoms with Crippen LogP contribution in [-0.2, 0) is 4.74 Å². The summed E-state index contributed by atoms with van der Waals surface area (Å²) in [5.41, 5.74) is 1.43. The second-order valence-electron chi connectivity index (χ2n) is 4.73. The maximum atomic E-state index is 5.91. The number of rotatable bonds is 3. The summed E-state index contributed by atoms with van der Waals surface area (Å²) in [4.78, 5) is 0. The van der Waals surface area contributed by atoms with E-state index in [2.05, 4.69) is 18.2 Å². The van der Waals surface area contributed by atoms with Gasteiger partial charge in [-0.25, -0.2) is 0 Å².